The van der Waals surface area contributed by atoms with Gasteiger partial charge in [0.1, 0.15) is 5.78 Å². The zero-order valence-corrected chi connectivity index (χ0v) is 10.7. The lowest BCUT2D eigenvalue weighted by atomic mass is 9.91. The lowest BCUT2D eigenvalue weighted by Crippen LogP contribution is -2.47. The van der Waals surface area contributed by atoms with Crippen molar-refractivity contribution in [3.05, 3.63) is 12.2 Å². The molecular weight excluding hydrogens is 202 g/mol. The molecule has 1 heterocycles. The number of ether oxygens (including phenoxy) is 1. The minimum Gasteiger partial charge on any atom is -0.376 e. The largest absolute Gasteiger partial charge is 0.376 e. The van der Waals surface area contributed by atoms with Crippen LogP contribution in [-0.4, -0.2) is 43.0 Å². The van der Waals surface area contributed by atoms with Crippen LogP contribution in [0.25, 0.3) is 0 Å². The van der Waals surface area contributed by atoms with Crippen molar-refractivity contribution in [2.24, 2.45) is 5.92 Å². The second kappa shape index (κ2) is 6.16. The van der Waals surface area contributed by atoms with E-state index in [4.69, 9.17) is 4.74 Å². The van der Waals surface area contributed by atoms with Gasteiger partial charge in [-0.05, 0) is 13.8 Å². The highest BCUT2D eigenvalue weighted by atomic mass is 16.5. The summed E-state index contributed by atoms with van der Waals surface area (Å²) >= 11 is 0. The molecule has 0 aromatic rings. The Kier molecular flexibility index (Phi) is 5.16. The molecule has 1 aliphatic heterocycles. The third-order valence-corrected chi connectivity index (χ3v) is 3.32. The maximum Gasteiger partial charge on any atom is 0.138 e. The first-order valence-corrected chi connectivity index (χ1v) is 6.01. The lowest BCUT2D eigenvalue weighted by Gasteiger charge is -2.36. The minimum absolute atomic E-state index is 0.162. The van der Waals surface area contributed by atoms with Gasteiger partial charge in [-0.2, -0.15) is 0 Å². The SMILES string of the molecule is C=C(C)COCCN1CCC(=O)C(C)C1C. The predicted octanol–water partition coefficient (Wildman–Crippen LogP) is 1.88. The van der Waals surface area contributed by atoms with Crippen LogP contribution in [-0.2, 0) is 9.53 Å². The molecule has 16 heavy (non-hydrogen) atoms. The van der Waals surface area contributed by atoms with E-state index in [1.807, 2.05) is 13.8 Å². The Hall–Kier alpha value is -0.670. The van der Waals surface area contributed by atoms with E-state index in [0.29, 0.717) is 24.9 Å². The van der Waals surface area contributed by atoms with Gasteiger partial charge in [0.15, 0.2) is 0 Å². The monoisotopic (exact) mass is 225 g/mol. The molecule has 1 saturated heterocycles. The Balaban J connectivity index is 2.26. The molecule has 3 heteroatoms. The van der Waals surface area contributed by atoms with E-state index in [1.165, 1.54) is 0 Å². The minimum atomic E-state index is 0.162. The smallest absolute Gasteiger partial charge is 0.138 e. The van der Waals surface area contributed by atoms with Gasteiger partial charge in [0.05, 0.1) is 13.2 Å². The molecule has 0 saturated carbocycles. The van der Waals surface area contributed by atoms with E-state index in [9.17, 15) is 4.79 Å². The number of likely N-dealkylation sites (tertiary alicyclic amines) is 1. The average molecular weight is 225 g/mol. The van der Waals surface area contributed by atoms with Gasteiger partial charge in [0, 0.05) is 31.5 Å². The van der Waals surface area contributed by atoms with E-state index >= 15 is 0 Å². The van der Waals surface area contributed by atoms with Crippen LogP contribution in [0, 0.1) is 5.92 Å². The van der Waals surface area contributed by atoms with Crippen LogP contribution in [0.3, 0.4) is 0 Å². The van der Waals surface area contributed by atoms with Crippen LogP contribution in [0.2, 0.25) is 0 Å². The Morgan fingerprint density at radius 3 is 2.88 bits per heavy atom. The summed E-state index contributed by atoms with van der Waals surface area (Å²) < 4.78 is 5.48. The molecule has 0 radical (unpaired) electrons. The van der Waals surface area contributed by atoms with Crippen LogP contribution in [0.4, 0.5) is 0 Å². The molecule has 2 unspecified atom stereocenters. The van der Waals surface area contributed by atoms with Crippen LogP contribution < -0.4 is 0 Å². The molecular formula is C13H23NO2. The molecule has 2 atom stereocenters. The second-order valence-corrected chi connectivity index (χ2v) is 4.79. The van der Waals surface area contributed by atoms with Crippen LogP contribution in [0.15, 0.2) is 12.2 Å². The van der Waals surface area contributed by atoms with Crippen molar-refractivity contribution in [1.82, 2.24) is 4.90 Å². The molecule has 3 nitrogen and oxygen atoms in total. The molecule has 1 aliphatic rings. The zero-order valence-electron chi connectivity index (χ0n) is 10.7. The number of hydrogen-bond donors (Lipinski definition) is 0. The highest BCUT2D eigenvalue weighted by Crippen LogP contribution is 2.19. The van der Waals surface area contributed by atoms with E-state index in [2.05, 4.69) is 18.4 Å². The zero-order chi connectivity index (χ0) is 12.1. The molecule has 1 rings (SSSR count). The number of piperidine rings is 1. The van der Waals surface area contributed by atoms with Crippen molar-refractivity contribution in [1.29, 1.82) is 0 Å². The fourth-order valence-electron chi connectivity index (χ4n) is 2.01. The number of carbonyl (C=O) groups is 1. The van der Waals surface area contributed by atoms with Crippen molar-refractivity contribution < 1.29 is 9.53 Å². The topological polar surface area (TPSA) is 29.5 Å². The maximum atomic E-state index is 11.5. The van der Waals surface area contributed by atoms with Gasteiger partial charge in [0.25, 0.3) is 0 Å². The van der Waals surface area contributed by atoms with Crippen molar-refractivity contribution in [2.75, 3.05) is 26.3 Å². The molecule has 0 aromatic heterocycles. The molecule has 0 bridgehead atoms. The van der Waals surface area contributed by atoms with E-state index in [-0.39, 0.29) is 5.92 Å². The first-order valence-electron chi connectivity index (χ1n) is 6.01. The first-order chi connectivity index (χ1) is 7.52. The number of Topliss-reactive ketones (excluding diaryl/α,β-unsaturated/α-hetero) is 1. The summed E-state index contributed by atoms with van der Waals surface area (Å²) in [6, 6.07) is 0.342. The van der Waals surface area contributed by atoms with Crippen LogP contribution in [0.1, 0.15) is 27.2 Å². The Morgan fingerprint density at radius 2 is 2.25 bits per heavy atom. The van der Waals surface area contributed by atoms with Crippen LogP contribution in [0.5, 0.6) is 0 Å². The summed E-state index contributed by atoms with van der Waals surface area (Å²) in [5.74, 6) is 0.557. The van der Waals surface area contributed by atoms with E-state index in [0.717, 1.165) is 25.3 Å². The van der Waals surface area contributed by atoms with Gasteiger partial charge in [-0.15, -0.1) is 0 Å². The summed E-state index contributed by atoms with van der Waals surface area (Å²) in [5, 5.41) is 0. The number of ketones is 1. The molecule has 0 amide bonds. The molecule has 1 fully saturated rings. The number of nitrogens with zero attached hydrogens (tertiary/aromatic N) is 1. The Bertz CT molecular complexity index is 263. The molecule has 0 aromatic carbocycles. The Labute approximate surface area is 98.5 Å². The van der Waals surface area contributed by atoms with Crippen molar-refractivity contribution in [3.8, 4) is 0 Å². The fourth-order valence-corrected chi connectivity index (χ4v) is 2.01. The van der Waals surface area contributed by atoms with Crippen molar-refractivity contribution in [2.45, 2.75) is 33.2 Å². The number of carbonyl (C=O) groups excluding carboxylic acids is 1. The van der Waals surface area contributed by atoms with Crippen molar-refractivity contribution in [3.63, 3.8) is 0 Å². The highest BCUT2D eigenvalue weighted by molar-refractivity contribution is 5.82. The van der Waals surface area contributed by atoms with E-state index in [1.54, 1.807) is 0 Å². The average Bonchev–Trinajstić information content (AvgIpc) is 2.23. The first kappa shape index (κ1) is 13.4. The molecule has 92 valence electrons. The number of hydrogen-bond acceptors (Lipinski definition) is 3. The van der Waals surface area contributed by atoms with Gasteiger partial charge in [-0.25, -0.2) is 0 Å². The van der Waals surface area contributed by atoms with Gasteiger partial charge in [0.2, 0.25) is 0 Å². The summed E-state index contributed by atoms with van der Waals surface area (Å²) in [7, 11) is 0. The summed E-state index contributed by atoms with van der Waals surface area (Å²) in [6.45, 7) is 13.0. The summed E-state index contributed by atoms with van der Waals surface area (Å²) in [4.78, 5) is 13.8. The summed E-state index contributed by atoms with van der Waals surface area (Å²) in [6.07, 6.45) is 0.687. The van der Waals surface area contributed by atoms with E-state index < -0.39 is 0 Å². The molecule has 0 N–H and O–H groups in total. The van der Waals surface area contributed by atoms with Gasteiger partial charge in [-0.1, -0.05) is 19.1 Å². The normalized spacial score (nSPS) is 27.1. The third kappa shape index (κ3) is 3.72. The van der Waals surface area contributed by atoms with Gasteiger partial charge >= 0.3 is 0 Å². The van der Waals surface area contributed by atoms with Crippen LogP contribution >= 0.6 is 0 Å². The standard InChI is InChI=1S/C13H23NO2/c1-10(2)9-16-8-7-14-6-5-13(15)11(3)12(14)4/h11-12H,1,5-9H2,2-4H3. The third-order valence-electron chi connectivity index (χ3n) is 3.32. The van der Waals surface area contributed by atoms with Gasteiger partial charge in [-0.3, -0.25) is 9.69 Å². The van der Waals surface area contributed by atoms with Gasteiger partial charge < -0.3 is 4.74 Å². The predicted molar refractivity (Wildman–Crippen MR) is 65.5 cm³/mol. The summed E-state index contributed by atoms with van der Waals surface area (Å²) in [5.41, 5.74) is 1.05. The molecule has 0 spiro atoms. The molecule has 0 aliphatic carbocycles. The van der Waals surface area contributed by atoms with Crippen molar-refractivity contribution >= 4 is 5.78 Å². The second-order valence-electron chi connectivity index (χ2n) is 4.79. The Morgan fingerprint density at radius 1 is 1.56 bits per heavy atom. The fraction of sp³-hybridized carbons (Fsp3) is 0.769. The lowest BCUT2D eigenvalue weighted by molar-refractivity contribution is -0.128. The highest BCUT2D eigenvalue weighted by Gasteiger charge is 2.30. The number of rotatable bonds is 5. The maximum absolute atomic E-state index is 11.5. The quantitative estimate of drug-likeness (QED) is 0.528.